The number of carbonyl (C=O) groups is 2. The van der Waals surface area contributed by atoms with Gasteiger partial charge in [0, 0.05) is 16.4 Å². The standard InChI is InChI=1S/C23H17BrF7N3O2/c1-2-9-32-20(35)13-5-7-16-12(18(13)24)4-8-17(33-16)21(36)34-19(23(29,30)31)11-3-6-15(25)14(10-11)22(26,27)28/h3-8,10,19H,2,9H2,1H3,(H,32,35)(H,34,36). The van der Waals surface area contributed by atoms with E-state index in [-0.39, 0.29) is 29.1 Å². The Morgan fingerprint density at radius 2 is 1.69 bits per heavy atom. The van der Waals surface area contributed by atoms with Crippen LogP contribution in [0.25, 0.3) is 10.9 Å². The van der Waals surface area contributed by atoms with E-state index in [1.807, 2.05) is 6.92 Å². The van der Waals surface area contributed by atoms with Crippen molar-refractivity contribution >= 4 is 38.6 Å². The number of carbonyl (C=O) groups excluding carboxylic acids is 2. The number of hydrogen-bond donors (Lipinski definition) is 2. The lowest BCUT2D eigenvalue weighted by Gasteiger charge is -2.23. The van der Waals surface area contributed by atoms with Gasteiger partial charge >= 0.3 is 12.4 Å². The highest BCUT2D eigenvalue weighted by Crippen LogP contribution is 2.37. The van der Waals surface area contributed by atoms with Crippen LogP contribution < -0.4 is 10.6 Å². The van der Waals surface area contributed by atoms with E-state index in [9.17, 15) is 40.3 Å². The molecular weight excluding hydrogens is 563 g/mol. The van der Waals surface area contributed by atoms with Crippen LogP contribution in [0, 0.1) is 5.82 Å². The highest BCUT2D eigenvalue weighted by molar-refractivity contribution is 9.10. The topological polar surface area (TPSA) is 71.1 Å². The smallest absolute Gasteiger partial charge is 0.352 e. The van der Waals surface area contributed by atoms with Gasteiger partial charge in [0.1, 0.15) is 11.5 Å². The summed E-state index contributed by atoms with van der Waals surface area (Å²) in [7, 11) is 0. The lowest BCUT2D eigenvalue weighted by Crippen LogP contribution is -2.38. The zero-order chi connectivity index (χ0) is 26.8. The molecule has 3 aromatic rings. The first kappa shape index (κ1) is 27.4. The van der Waals surface area contributed by atoms with Crippen LogP contribution in [0.5, 0.6) is 0 Å². The molecule has 0 aliphatic heterocycles. The molecule has 0 bridgehead atoms. The number of nitrogens with zero attached hydrogens (tertiary/aromatic N) is 1. The normalized spacial score (nSPS) is 12.9. The fraction of sp³-hybridized carbons (Fsp3) is 0.261. The third-order valence-corrected chi connectivity index (χ3v) is 5.90. The van der Waals surface area contributed by atoms with E-state index in [2.05, 4.69) is 26.2 Å². The molecule has 0 fully saturated rings. The Morgan fingerprint density at radius 3 is 2.31 bits per heavy atom. The molecule has 1 aromatic heterocycles. The van der Waals surface area contributed by atoms with E-state index >= 15 is 0 Å². The number of aromatic nitrogens is 1. The molecule has 0 aliphatic rings. The summed E-state index contributed by atoms with van der Waals surface area (Å²) in [5, 5.41) is 4.72. The maximum absolute atomic E-state index is 13.7. The Kier molecular flexibility index (Phi) is 7.91. The summed E-state index contributed by atoms with van der Waals surface area (Å²) in [4.78, 5) is 28.9. The summed E-state index contributed by atoms with van der Waals surface area (Å²) in [6.45, 7) is 2.32. The molecule has 3 rings (SSSR count). The Balaban J connectivity index is 1.93. The predicted octanol–water partition coefficient (Wildman–Crippen LogP) is 6.33. The van der Waals surface area contributed by atoms with Crippen LogP contribution in [0.1, 0.15) is 51.4 Å². The molecule has 0 aliphatic carbocycles. The van der Waals surface area contributed by atoms with Gasteiger partial charge in [-0.05, 0) is 64.3 Å². The Hall–Kier alpha value is -3.22. The highest BCUT2D eigenvalue weighted by Gasteiger charge is 2.44. The van der Waals surface area contributed by atoms with Gasteiger partial charge < -0.3 is 10.6 Å². The number of rotatable bonds is 6. The maximum atomic E-state index is 13.7. The molecule has 2 aromatic carbocycles. The van der Waals surface area contributed by atoms with Crippen LogP contribution in [0.15, 0.2) is 46.9 Å². The van der Waals surface area contributed by atoms with Crippen LogP contribution in [-0.4, -0.2) is 29.5 Å². The second-order valence-electron chi connectivity index (χ2n) is 7.63. The van der Waals surface area contributed by atoms with Crippen molar-refractivity contribution in [2.24, 2.45) is 0 Å². The summed E-state index contributed by atoms with van der Waals surface area (Å²) in [5.74, 6) is -3.43. The molecule has 0 saturated carbocycles. The molecule has 5 nitrogen and oxygen atoms in total. The van der Waals surface area contributed by atoms with Crippen LogP contribution in [0.2, 0.25) is 0 Å². The molecule has 1 atom stereocenters. The molecule has 2 N–H and O–H groups in total. The number of hydrogen-bond acceptors (Lipinski definition) is 3. The molecule has 0 spiro atoms. The van der Waals surface area contributed by atoms with Crippen molar-refractivity contribution in [3.05, 3.63) is 75.1 Å². The van der Waals surface area contributed by atoms with Gasteiger partial charge in [-0.2, -0.15) is 26.3 Å². The summed E-state index contributed by atoms with van der Waals surface area (Å²) < 4.78 is 93.9. The number of amides is 2. The van der Waals surface area contributed by atoms with Crippen molar-refractivity contribution in [2.75, 3.05) is 6.54 Å². The van der Waals surface area contributed by atoms with Gasteiger partial charge in [-0.25, -0.2) is 9.37 Å². The highest BCUT2D eigenvalue weighted by atomic mass is 79.9. The van der Waals surface area contributed by atoms with Gasteiger partial charge in [-0.15, -0.1) is 0 Å². The van der Waals surface area contributed by atoms with E-state index in [4.69, 9.17) is 0 Å². The Bertz CT molecular complexity index is 1310. The monoisotopic (exact) mass is 579 g/mol. The SMILES string of the molecule is CCCNC(=O)c1ccc2nc(C(=O)NC(c3ccc(F)c(C(F)(F)F)c3)C(F)(F)F)ccc2c1Br. The Morgan fingerprint density at radius 1 is 1.00 bits per heavy atom. The summed E-state index contributed by atoms with van der Waals surface area (Å²) >= 11 is 3.29. The molecule has 1 heterocycles. The van der Waals surface area contributed by atoms with Gasteiger partial charge in [-0.3, -0.25) is 9.59 Å². The maximum Gasteiger partial charge on any atom is 0.419 e. The number of alkyl halides is 6. The molecule has 0 saturated heterocycles. The van der Waals surface area contributed by atoms with E-state index < -0.39 is 46.9 Å². The molecule has 13 heteroatoms. The van der Waals surface area contributed by atoms with Gasteiger partial charge in [0.05, 0.1) is 16.6 Å². The van der Waals surface area contributed by atoms with Crippen molar-refractivity contribution in [2.45, 2.75) is 31.7 Å². The minimum atomic E-state index is -5.24. The minimum absolute atomic E-state index is 0.00379. The number of fused-ring (bicyclic) bond motifs is 1. The fourth-order valence-corrected chi connectivity index (χ4v) is 3.95. The van der Waals surface area contributed by atoms with E-state index in [1.54, 1.807) is 5.32 Å². The predicted molar refractivity (Wildman–Crippen MR) is 120 cm³/mol. The number of halogens is 8. The second-order valence-corrected chi connectivity index (χ2v) is 8.42. The van der Waals surface area contributed by atoms with E-state index in [0.717, 1.165) is 6.07 Å². The number of nitrogens with one attached hydrogen (secondary N) is 2. The molecular formula is C23H17BrF7N3O2. The summed E-state index contributed by atoms with van der Waals surface area (Å²) in [5.41, 5.74) is -2.90. The lowest BCUT2D eigenvalue weighted by atomic mass is 10.0. The molecule has 0 radical (unpaired) electrons. The van der Waals surface area contributed by atoms with E-state index in [0.29, 0.717) is 28.9 Å². The minimum Gasteiger partial charge on any atom is -0.352 e. The second kappa shape index (κ2) is 10.4. The first-order chi connectivity index (χ1) is 16.7. The third kappa shape index (κ3) is 5.94. The third-order valence-electron chi connectivity index (χ3n) is 5.05. The van der Waals surface area contributed by atoms with Crippen molar-refractivity contribution in [3.63, 3.8) is 0 Å². The van der Waals surface area contributed by atoms with Crippen molar-refractivity contribution in [1.82, 2.24) is 15.6 Å². The number of pyridine rings is 1. The largest absolute Gasteiger partial charge is 0.419 e. The Labute approximate surface area is 208 Å². The van der Waals surface area contributed by atoms with Crippen LogP contribution in [-0.2, 0) is 6.18 Å². The van der Waals surface area contributed by atoms with Crippen LogP contribution in [0.4, 0.5) is 30.7 Å². The average Bonchev–Trinajstić information content (AvgIpc) is 2.80. The van der Waals surface area contributed by atoms with Crippen molar-refractivity contribution in [1.29, 1.82) is 0 Å². The zero-order valence-corrected chi connectivity index (χ0v) is 19.9. The molecule has 1 unspecified atom stereocenters. The molecule has 192 valence electrons. The van der Waals surface area contributed by atoms with Crippen LogP contribution >= 0.6 is 15.9 Å². The average molecular weight is 580 g/mol. The molecule has 36 heavy (non-hydrogen) atoms. The van der Waals surface area contributed by atoms with E-state index in [1.165, 1.54) is 18.2 Å². The summed E-state index contributed by atoms with van der Waals surface area (Å²) in [6, 6.07) is 3.19. The zero-order valence-electron chi connectivity index (χ0n) is 18.3. The van der Waals surface area contributed by atoms with Gasteiger partial charge in [0.2, 0.25) is 0 Å². The number of benzene rings is 2. The van der Waals surface area contributed by atoms with Gasteiger partial charge in [0.25, 0.3) is 11.8 Å². The fourth-order valence-electron chi connectivity index (χ4n) is 3.30. The first-order valence-corrected chi connectivity index (χ1v) is 11.1. The van der Waals surface area contributed by atoms with Crippen molar-refractivity contribution in [3.8, 4) is 0 Å². The molecule has 2 amide bonds. The first-order valence-electron chi connectivity index (χ1n) is 10.4. The lowest BCUT2D eigenvalue weighted by molar-refractivity contribution is -0.156. The quantitative estimate of drug-likeness (QED) is 0.335. The van der Waals surface area contributed by atoms with Gasteiger partial charge in [-0.1, -0.05) is 13.0 Å². The van der Waals surface area contributed by atoms with Crippen LogP contribution in [0.3, 0.4) is 0 Å². The van der Waals surface area contributed by atoms with Crippen molar-refractivity contribution < 1.29 is 40.3 Å². The van der Waals surface area contributed by atoms with Gasteiger partial charge in [0.15, 0.2) is 6.04 Å². The summed E-state index contributed by atoms with van der Waals surface area (Å²) in [6.07, 6.45) is -9.72.